The lowest BCUT2D eigenvalue weighted by Gasteiger charge is -2.57. The number of rotatable bonds is 3. The lowest BCUT2D eigenvalue weighted by molar-refractivity contribution is -0.135. The molecule has 2 aliphatic rings. The van der Waals surface area contributed by atoms with Gasteiger partial charge in [0.2, 0.25) is 5.91 Å². The van der Waals surface area contributed by atoms with E-state index in [1.54, 1.807) is 18.2 Å². The zero-order chi connectivity index (χ0) is 14.3. The molecular weight excluding hydrogens is 323 g/mol. The first-order valence-electron chi connectivity index (χ1n) is 6.98. The lowest BCUT2D eigenvalue weighted by Crippen LogP contribution is -2.52. The topological polar surface area (TPSA) is 55.1 Å². The molecule has 1 aromatic carbocycles. The van der Waals surface area contributed by atoms with Crippen LogP contribution >= 0.6 is 15.9 Å². The van der Waals surface area contributed by atoms with Gasteiger partial charge in [0, 0.05) is 5.92 Å². The predicted molar refractivity (Wildman–Crippen MR) is 79.7 cm³/mol. The number of benzene rings is 1. The number of hydrogen-bond donors (Lipinski definition) is 2. The number of nitrogens with one attached hydrogen (secondary N) is 1. The molecule has 5 heteroatoms. The molecule has 2 fully saturated rings. The molecule has 1 aromatic rings. The van der Waals surface area contributed by atoms with Crippen LogP contribution < -0.4 is 11.1 Å². The van der Waals surface area contributed by atoms with E-state index >= 15 is 0 Å². The molecule has 2 aliphatic carbocycles. The Balaban J connectivity index is 1.56. The maximum absolute atomic E-state index is 13.8. The molecule has 1 amide bonds. The molecule has 2 saturated carbocycles. The first-order chi connectivity index (χ1) is 9.53. The van der Waals surface area contributed by atoms with Crippen molar-refractivity contribution in [3.05, 3.63) is 28.5 Å². The number of nitrogens with two attached hydrogens (primary N) is 1. The molecule has 0 aliphatic heterocycles. The molecule has 0 aromatic heterocycles. The third-order valence-electron chi connectivity index (χ3n) is 4.72. The Morgan fingerprint density at radius 3 is 2.75 bits per heavy atom. The molecule has 3 rings (SSSR count). The average Bonchev–Trinajstić information content (AvgIpc) is 2.32. The molecule has 3 nitrogen and oxygen atoms in total. The molecule has 0 bridgehead atoms. The molecule has 3 N–H and O–H groups in total. The fourth-order valence-electron chi connectivity index (χ4n) is 3.67. The summed E-state index contributed by atoms with van der Waals surface area (Å²) in [5, 5.41) is 2.70. The highest BCUT2D eigenvalue weighted by Crippen LogP contribution is 2.61. The van der Waals surface area contributed by atoms with Crippen molar-refractivity contribution in [3.8, 4) is 0 Å². The van der Waals surface area contributed by atoms with Gasteiger partial charge in [-0.25, -0.2) is 4.39 Å². The standard InChI is InChI=1S/C15H18BrFN2O/c16-11-2-1-3-12(13(11)17)19-14(20)10-6-15(7-10)4-9(5-15)8-18/h1-3,9-10H,4-8,18H2,(H,19,20). The van der Waals surface area contributed by atoms with Gasteiger partial charge in [-0.3, -0.25) is 4.79 Å². The van der Waals surface area contributed by atoms with Crippen LogP contribution in [0.15, 0.2) is 22.7 Å². The lowest BCUT2D eigenvalue weighted by atomic mass is 9.48. The van der Waals surface area contributed by atoms with Crippen LogP contribution in [0.4, 0.5) is 10.1 Å². The number of halogens is 2. The largest absolute Gasteiger partial charge is 0.330 e. The Kier molecular flexibility index (Phi) is 3.58. The highest BCUT2D eigenvalue weighted by atomic mass is 79.9. The van der Waals surface area contributed by atoms with Crippen molar-refractivity contribution in [2.75, 3.05) is 11.9 Å². The Bertz CT molecular complexity index is 535. The van der Waals surface area contributed by atoms with E-state index in [0.29, 0.717) is 15.8 Å². The molecule has 20 heavy (non-hydrogen) atoms. The summed E-state index contributed by atoms with van der Waals surface area (Å²) < 4.78 is 14.2. The predicted octanol–water partition coefficient (Wildman–Crippen LogP) is 3.29. The van der Waals surface area contributed by atoms with E-state index in [0.717, 1.165) is 32.2 Å². The van der Waals surface area contributed by atoms with Crippen LogP contribution in [0.5, 0.6) is 0 Å². The van der Waals surface area contributed by atoms with Crippen LogP contribution in [-0.4, -0.2) is 12.5 Å². The van der Waals surface area contributed by atoms with Gasteiger partial charge in [0.05, 0.1) is 10.2 Å². The van der Waals surface area contributed by atoms with Crippen molar-refractivity contribution in [2.45, 2.75) is 25.7 Å². The van der Waals surface area contributed by atoms with Crippen LogP contribution in [0.25, 0.3) is 0 Å². The van der Waals surface area contributed by atoms with Gasteiger partial charge in [0.15, 0.2) is 5.82 Å². The minimum atomic E-state index is -0.415. The van der Waals surface area contributed by atoms with E-state index in [-0.39, 0.29) is 17.5 Å². The summed E-state index contributed by atoms with van der Waals surface area (Å²) in [4.78, 5) is 12.1. The van der Waals surface area contributed by atoms with Crippen molar-refractivity contribution in [1.82, 2.24) is 0 Å². The van der Waals surface area contributed by atoms with E-state index in [2.05, 4.69) is 21.2 Å². The highest BCUT2D eigenvalue weighted by Gasteiger charge is 2.54. The Hall–Kier alpha value is -0.940. The van der Waals surface area contributed by atoms with Gasteiger partial charge < -0.3 is 11.1 Å². The maximum atomic E-state index is 13.8. The minimum absolute atomic E-state index is 0.0205. The SMILES string of the molecule is NCC1CC2(C1)CC(C(=O)Nc1cccc(Br)c1F)C2. The van der Waals surface area contributed by atoms with E-state index < -0.39 is 5.82 Å². The van der Waals surface area contributed by atoms with Crippen molar-refractivity contribution in [2.24, 2.45) is 23.0 Å². The van der Waals surface area contributed by atoms with Gasteiger partial charge in [-0.15, -0.1) is 0 Å². The van der Waals surface area contributed by atoms with Crippen LogP contribution in [0.2, 0.25) is 0 Å². The zero-order valence-electron chi connectivity index (χ0n) is 11.2. The third kappa shape index (κ3) is 2.37. The number of carbonyl (C=O) groups is 1. The normalized spacial score (nSPS) is 31.6. The molecule has 1 spiro atoms. The van der Waals surface area contributed by atoms with Crippen molar-refractivity contribution in [1.29, 1.82) is 0 Å². The van der Waals surface area contributed by atoms with E-state index in [1.165, 1.54) is 0 Å². The monoisotopic (exact) mass is 340 g/mol. The van der Waals surface area contributed by atoms with Crippen LogP contribution in [0, 0.1) is 23.1 Å². The minimum Gasteiger partial charge on any atom is -0.330 e. The molecule has 108 valence electrons. The Morgan fingerprint density at radius 2 is 2.10 bits per heavy atom. The van der Waals surface area contributed by atoms with Gasteiger partial charge in [0.25, 0.3) is 0 Å². The maximum Gasteiger partial charge on any atom is 0.227 e. The first-order valence-corrected chi connectivity index (χ1v) is 7.77. The number of amides is 1. The number of hydrogen-bond acceptors (Lipinski definition) is 2. The van der Waals surface area contributed by atoms with Crippen molar-refractivity contribution >= 4 is 27.5 Å². The average molecular weight is 341 g/mol. The zero-order valence-corrected chi connectivity index (χ0v) is 12.7. The summed E-state index contributed by atoms with van der Waals surface area (Å²) in [6.07, 6.45) is 4.15. The van der Waals surface area contributed by atoms with Crippen molar-refractivity contribution in [3.63, 3.8) is 0 Å². The van der Waals surface area contributed by atoms with Crippen LogP contribution in [-0.2, 0) is 4.79 Å². The van der Waals surface area contributed by atoms with E-state index in [1.807, 2.05) is 0 Å². The van der Waals surface area contributed by atoms with Crippen LogP contribution in [0.3, 0.4) is 0 Å². The molecule has 0 heterocycles. The summed E-state index contributed by atoms with van der Waals surface area (Å²) in [6, 6.07) is 4.91. The summed E-state index contributed by atoms with van der Waals surface area (Å²) >= 11 is 3.12. The van der Waals surface area contributed by atoms with Gasteiger partial charge in [-0.1, -0.05) is 6.07 Å². The second-order valence-corrected chi connectivity index (χ2v) is 7.06. The fourth-order valence-corrected chi connectivity index (χ4v) is 4.04. The summed E-state index contributed by atoms with van der Waals surface area (Å²) in [5.74, 6) is 0.180. The van der Waals surface area contributed by atoms with Crippen LogP contribution in [0.1, 0.15) is 25.7 Å². The second-order valence-electron chi connectivity index (χ2n) is 6.21. The van der Waals surface area contributed by atoms with Crippen molar-refractivity contribution < 1.29 is 9.18 Å². The van der Waals surface area contributed by atoms with Gasteiger partial charge >= 0.3 is 0 Å². The second kappa shape index (κ2) is 5.11. The number of carbonyl (C=O) groups excluding carboxylic acids is 1. The smallest absolute Gasteiger partial charge is 0.227 e. The molecule has 0 saturated heterocycles. The van der Waals surface area contributed by atoms with Gasteiger partial charge in [-0.2, -0.15) is 0 Å². The summed E-state index contributed by atoms with van der Waals surface area (Å²) in [5.41, 5.74) is 6.25. The molecule has 0 radical (unpaired) electrons. The Morgan fingerprint density at radius 1 is 1.40 bits per heavy atom. The van der Waals surface area contributed by atoms with Gasteiger partial charge in [-0.05, 0) is 71.6 Å². The molecule has 0 unspecified atom stereocenters. The molecule has 0 atom stereocenters. The quantitative estimate of drug-likeness (QED) is 0.886. The van der Waals surface area contributed by atoms with E-state index in [9.17, 15) is 9.18 Å². The fraction of sp³-hybridized carbons (Fsp3) is 0.533. The molecular formula is C15H18BrFN2O. The summed E-state index contributed by atoms with van der Waals surface area (Å²) in [6.45, 7) is 0.752. The number of anilines is 1. The highest BCUT2D eigenvalue weighted by molar-refractivity contribution is 9.10. The van der Waals surface area contributed by atoms with E-state index in [4.69, 9.17) is 5.73 Å². The first kappa shape index (κ1) is 14.0. The third-order valence-corrected chi connectivity index (χ3v) is 5.33. The Labute approximate surface area is 126 Å². The van der Waals surface area contributed by atoms with Gasteiger partial charge in [0.1, 0.15) is 0 Å². The summed E-state index contributed by atoms with van der Waals surface area (Å²) in [7, 11) is 0.